The van der Waals surface area contributed by atoms with Gasteiger partial charge in [0.15, 0.2) is 0 Å². The Morgan fingerprint density at radius 1 is 1.19 bits per heavy atom. The van der Waals surface area contributed by atoms with Crippen molar-refractivity contribution in [3.63, 3.8) is 0 Å². The van der Waals surface area contributed by atoms with Crippen LogP contribution in [0.2, 0.25) is 0 Å². The Morgan fingerprint density at radius 3 is 2.43 bits per heavy atom. The first kappa shape index (κ1) is 16.1. The Bertz CT molecular complexity index is 397. The van der Waals surface area contributed by atoms with Gasteiger partial charge in [0.1, 0.15) is 12.4 Å². The number of likely N-dealkylation sites (N-methyl/N-ethyl adjacent to an activating group) is 1. The Balaban J connectivity index is 1.74. The molecule has 0 atom stereocenters. The van der Waals surface area contributed by atoms with E-state index in [1.165, 1.54) is 38.2 Å². The largest absolute Gasteiger partial charge is 0.492 e. The summed E-state index contributed by atoms with van der Waals surface area (Å²) in [5.41, 5.74) is 1.20. The van der Waals surface area contributed by atoms with E-state index < -0.39 is 0 Å². The summed E-state index contributed by atoms with van der Waals surface area (Å²) < 4.78 is 5.71. The monoisotopic (exact) mass is 291 g/mol. The molecule has 4 heteroatoms. The minimum atomic E-state index is 0.605. The maximum absolute atomic E-state index is 5.71. The van der Waals surface area contributed by atoms with E-state index in [1.54, 1.807) is 0 Å². The van der Waals surface area contributed by atoms with Gasteiger partial charge in [-0.1, -0.05) is 6.92 Å². The molecule has 1 aromatic carbocycles. The van der Waals surface area contributed by atoms with E-state index in [2.05, 4.69) is 60.4 Å². The van der Waals surface area contributed by atoms with E-state index in [1.807, 2.05) is 0 Å². The Hall–Kier alpha value is -1.26. The van der Waals surface area contributed by atoms with Crippen LogP contribution in [0.3, 0.4) is 0 Å². The second kappa shape index (κ2) is 8.25. The average Bonchev–Trinajstić information content (AvgIpc) is 2.49. The van der Waals surface area contributed by atoms with Crippen LogP contribution in [-0.2, 0) is 0 Å². The Labute approximate surface area is 129 Å². The fourth-order valence-electron chi connectivity index (χ4n) is 2.62. The number of nitrogens with zero attached hydrogens (tertiary/aromatic N) is 2. The molecule has 2 rings (SSSR count). The highest BCUT2D eigenvalue weighted by Crippen LogP contribution is 2.19. The van der Waals surface area contributed by atoms with E-state index in [-0.39, 0.29) is 0 Å². The number of hydrogen-bond donors (Lipinski definition) is 1. The van der Waals surface area contributed by atoms with Crippen molar-refractivity contribution in [2.24, 2.45) is 0 Å². The summed E-state index contributed by atoms with van der Waals surface area (Å²) >= 11 is 0. The van der Waals surface area contributed by atoms with Gasteiger partial charge in [0.2, 0.25) is 0 Å². The highest BCUT2D eigenvalue weighted by Gasteiger charge is 2.17. The molecule has 4 nitrogen and oxygen atoms in total. The predicted molar refractivity (Wildman–Crippen MR) is 89.2 cm³/mol. The van der Waals surface area contributed by atoms with Crippen LogP contribution in [-0.4, -0.2) is 62.7 Å². The molecule has 0 unspecified atom stereocenters. The van der Waals surface area contributed by atoms with Crippen LogP contribution in [0.1, 0.15) is 19.8 Å². The lowest BCUT2D eigenvalue weighted by molar-refractivity contribution is 0.229. The number of rotatable bonds is 7. The molecule has 1 aliphatic rings. The lowest BCUT2D eigenvalue weighted by Gasteiger charge is -2.32. The van der Waals surface area contributed by atoms with Crippen LogP contribution in [0.15, 0.2) is 24.3 Å². The van der Waals surface area contributed by atoms with E-state index >= 15 is 0 Å². The van der Waals surface area contributed by atoms with Gasteiger partial charge in [0.25, 0.3) is 0 Å². The maximum atomic E-state index is 5.71. The van der Waals surface area contributed by atoms with Crippen molar-refractivity contribution >= 4 is 5.69 Å². The minimum absolute atomic E-state index is 0.605. The van der Waals surface area contributed by atoms with Gasteiger partial charge in [0.05, 0.1) is 0 Å². The number of benzene rings is 1. The summed E-state index contributed by atoms with van der Waals surface area (Å²) in [5.74, 6) is 0.947. The molecule has 0 aliphatic carbocycles. The number of anilines is 1. The fraction of sp³-hybridized carbons (Fsp3) is 0.647. The van der Waals surface area contributed by atoms with E-state index in [0.717, 1.165) is 18.9 Å². The molecule has 0 radical (unpaired) electrons. The first-order valence-corrected chi connectivity index (χ1v) is 8.04. The standard InChI is InChI=1S/C17H29N3O/c1-4-20-11-9-16(10-12-20)18-15-5-7-17(8-6-15)21-14-13-19(2)3/h5-8,16,18H,4,9-14H2,1-3H3. The molecule has 21 heavy (non-hydrogen) atoms. The molecule has 0 spiro atoms. The number of likely N-dealkylation sites (tertiary alicyclic amines) is 1. The molecule has 1 fully saturated rings. The third kappa shape index (κ3) is 5.56. The highest BCUT2D eigenvalue weighted by molar-refractivity contribution is 5.47. The molecular weight excluding hydrogens is 262 g/mol. The predicted octanol–water partition coefficient (Wildman–Crippen LogP) is 2.52. The van der Waals surface area contributed by atoms with Gasteiger partial charge in [-0.15, -0.1) is 0 Å². The number of ether oxygens (including phenoxy) is 1. The van der Waals surface area contributed by atoms with Gasteiger partial charge < -0.3 is 19.9 Å². The number of hydrogen-bond acceptors (Lipinski definition) is 4. The maximum Gasteiger partial charge on any atom is 0.119 e. The van der Waals surface area contributed by atoms with Crippen molar-refractivity contribution in [3.05, 3.63) is 24.3 Å². The lowest BCUT2D eigenvalue weighted by atomic mass is 10.0. The van der Waals surface area contributed by atoms with Gasteiger partial charge >= 0.3 is 0 Å². The summed E-state index contributed by atoms with van der Waals surface area (Å²) in [5, 5.41) is 3.64. The molecule has 1 aliphatic heterocycles. The van der Waals surface area contributed by atoms with Crippen molar-refractivity contribution in [2.75, 3.05) is 52.2 Å². The molecule has 1 N–H and O–H groups in total. The molecule has 0 bridgehead atoms. The van der Waals surface area contributed by atoms with Crippen molar-refractivity contribution < 1.29 is 4.74 Å². The summed E-state index contributed by atoms with van der Waals surface area (Å²) in [6, 6.07) is 8.96. The summed E-state index contributed by atoms with van der Waals surface area (Å²) in [4.78, 5) is 4.64. The molecule has 0 aromatic heterocycles. The van der Waals surface area contributed by atoms with Crippen molar-refractivity contribution in [2.45, 2.75) is 25.8 Å². The SMILES string of the molecule is CCN1CCC(Nc2ccc(OCCN(C)C)cc2)CC1. The minimum Gasteiger partial charge on any atom is -0.492 e. The molecular formula is C17H29N3O. The zero-order valence-corrected chi connectivity index (χ0v) is 13.6. The normalized spacial score (nSPS) is 17.1. The van der Waals surface area contributed by atoms with Gasteiger partial charge in [-0.05, 0) is 57.7 Å². The van der Waals surface area contributed by atoms with E-state index in [9.17, 15) is 0 Å². The molecule has 118 valence electrons. The summed E-state index contributed by atoms with van der Waals surface area (Å²) in [6.45, 7) is 7.50. The number of nitrogens with one attached hydrogen (secondary N) is 1. The van der Waals surface area contributed by atoms with Crippen LogP contribution >= 0.6 is 0 Å². The quantitative estimate of drug-likeness (QED) is 0.835. The van der Waals surface area contributed by atoms with Crippen molar-refractivity contribution in [1.29, 1.82) is 0 Å². The third-order valence-electron chi connectivity index (χ3n) is 4.07. The molecule has 0 amide bonds. The molecule has 1 heterocycles. The Morgan fingerprint density at radius 2 is 1.86 bits per heavy atom. The Kier molecular flexibility index (Phi) is 6.33. The molecule has 1 aromatic rings. The first-order valence-electron chi connectivity index (χ1n) is 8.04. The lowest BCUT2D eigenvalue weighted by Crippen LogP contribution is -2.38. The van der Waals surface area contributed by atoms with E-state index in [4.69, 9.17) is 4.74 Å². The number of piperidine rings is 1. The van der Waals surface area contributed by atoms with Crippen LogP contribution in [0.4, 0.5) is 5.69 Å². The topological polar surface area (TPSA) is 27.7 Å². The second-order valence-corrected chi connectivity index (χ2v) is 6.03. The van der Waals surface area contributed by atoms with Crippen molar-refractivity contribution in [1.82, 2.24) is 9.80 Å². The van der Waals surface area contributed by atoms with Crippen LogP contribution in [0.5, 0.6) is 5.75 Å². The summed E-state index contributed by atoms with van der Waals surface area (Å²) in [7, 11) is 4.11. The highest BCUT2D eigenvalue weighted by atomic mass is 16.5. The van der Waals surface area contributed by atoms with Crippen molar-refractivity contribution in [3.8, 4) is 5.75 Å². The average molecular weight is 291 g/mol. The van der Waals surface area contributed by atoms with Crippen LogP contribution in [0.25, 0.3) is 0 Å². The van der Waals surface area contributed by atoms with Crippen LogP contribution in [0, 0.1) is 0 Å². The van der Waals surface area contributed by atoms with Gasteiger partial charge in [0, 0.05) is 31.4 Å². The molecule has 1 saturated heterocycles. The second-order valence-electron chi connectivity index (χ2n) is 6.03. The smallest absolute Gasteiger partial charge is 0.119 e. The zero-order valence-electron chi connectivity index (χ0n) is 13.6. The van der Waals surface area contributed by atoms with Gasteiger partial charge in [-0.3, -0.25) is 0 Å². The fourth-order valence-corrected chi connectivity index (χ4v) is 2.62. The van der Waals surface area contributed by atoms with Gasteiger partial charge in [-0.25, -0.2) is 0 Å². The first-order chi connectivity index (χ1) is 10.2. The molecule has 0 saturated carbocycles. The summed E-state index contributed by atoms with van der Waals surface area (Å²) in [6.07, 6.45) is 2.46. The third-order valence-corrected chi connectivity index (χ3v) is 4.07. The zero-order chi connectivity index (χ0) is 15.1. The van der Waals surface area contributed by atoms with E-state index in [0.29, 0.717) is 6.04 Å². The van der Waals surface area contributed by atoms with Gasteiger partial charge in [-0.2, -0.15) is 0 Å². The van der Waals surface area contributed by atoms with Crippen LogP contribution < -0.4 is 10.1 Å².